The zero-order chi connectivity index (χ0) is 33.9. The summed E-state index contributed by atoms with van der Waals surface area (Å²) in [5.74, 6) is -0.512. The number of phenolic OH excluding ortho intramolecular Hbond substituents is 1. The number of aliphatic hydroxyl groups excluding tert-OH is 1. The van der Waals surface area contributed by atoms with E-state index in [0.29, 0.717) is 0 Å². The predicted molar refractivity (Wildman–Crippen MR) is 192 cm³/mol. The molecule has 2 N–H and O–H groups in total. The summed E-state index contributed by atoms with van der Waals surface area (Å²) < 4.78 is 31.9. The Morgan fingerprint density at radius 1 is 0.609 bits per heavy atom. The number of hydrogen-bond acceptors (Lipinski definition) is 5. The largest absolute Gasteiger partial charge is 0.744 e. The Hall–Kier alpha value is -1.93. The molecule has 1 unspecified atom stereocenters. The monoisotopic (exact) mass is 661 g/mol. The van der Waals surface area contributed by atoms with E-state index in [9.17, 15) is 18.1 Å². The number of quaternary nitrogens is 1. The van der Waals surface area contributed by atoms with Gasteiger partial charge in [-0.25, -0.2) is 8.42 Å². The molecular formula is C39H67NO5S. The van der Waals surface area contributed by atoms with Gasteiger partial charge in [-0.15, -0.1) is 0 Å². The van der Waals surface area contributed by atoms with Gasteiger partial charge in [0, 0.05) is 12.5 Å². The molecule has 0 aliphatic heterocycles. The van der Waals surface area contributed by atoms with Crippen LogP contribution in [0.4, 0.5) is 0 Å². The van der Waals surface area contributed by atoms with E-state index in [1.807, 2.05) is 6.92 Å². The Morgan fingerprint density at radius 3 is 1.33 bits per heavy atom. The van der Waals surface area contributed by atoms with Gasteiger partial charge in [0.15, 0.2) is 6.23 Å². The molecule has 0 heterocycles. The highest BCUT2D eigenvalue weighted by Gasteiger charge is 2.32. The number of para-hydroxylation sites is 1. The number of nitrogens with zero attached hydrogens (tertiary/aromatic N) is 1. The molecule has 0 saturated carbocycles. The molecule has 264 valence electrons. The molecule has 0 aromatic heterocycles. The van der Waals surface area contributed by atoms with E-state index in [0.717, 1.165) is 36.3 Å². The first-order valence-electron chi connectivity index (χ1n) is 18.5. The average Bonchev–Trinajstić information content (AvgIpc) is 3.03. The second-order valence-corrected chi connectivity index (χ2v) is 14.6. The maximum absolute atomic E-state index is 11.0. The van der Waals surface area contributed by atoms with Crippen molar-refractivity contribution in [1.29, 1.82) is 0 Å². The molecule has 6 nitrogen and oxygen atoms in total. The molecule has 2 aromatic carbocycles. The van der Waals surface area contributed by atoms with Gasteiger partial charge < -0.3 is 14.8 Å². The van der Waals surface area contributed by atoms with Crippen molar-refractivity contribution in [3.05, 3.63) is 60.2 Å². The van der Waals surface area contributed by atoms with Crippen LogP contribution in [0.15, 0.2) is 59.5 Å². The molecular weight excluding hydrogens is 594 g/mol. The van der Waals surface area contributed by atoms with Crippen LogP contribution in [0.2, 0.25) is 0 Å². The van der Waals surface area contributed by atoms with Crippen LogP contribution in [0.5, 0.6) is 5.75 Å². The highest BCUT2D eigenvalue weighted by Crippen LogP contribution is 2.24. The summed E-state index contributed by atoms with van der Waals surface area (Å²) in [5.41, 5.74) is 1.37. The molecule has 0 radical (unpaired) electrons. The average molecular weight is 662 g/mol. The molecule has 7 heteroatoms. The van der Waals surface area contributed by atoms with Gasteiger partial charge in [0.1, 0.15) is 22.4 Å². The maximum atomic E-state index is 11.0. The van der Waals surface area contributed by atoms with Crippen LogP contribution < -0.4 is 0 Å². The minimum absolute atomic E-state index is 0.299. The summed E-state index contributed by atoms with van der Waals surface area (Å²) in [7, 11) is -4.53. The SMILES string of the molecule is CCCCCCCCCCCC[N+](CCCCCCCCCCCC)(Cc1ccccc1)C(C)O.O=S(=O)([O-])c1ccccc1O. The molecule has 0 saturated heterocycles. The van der Waals surface area contributed by atoms with Crippen LogP contribution >= 0.6 is 0 Å². The molecule has 0 fully saturated rings. The molecule has 2 rings (SSSR count). The molecule has 0 spiro atoms. The first kappa shape index (κ1) is 42.1. The quantitative estimate of drug-likeness (QED) is 0.0452. The second kappa shape index (κ2) is 26.1. The zero-order valence-corrected chi connectivity index (χ0v) is 30.3. The lowest BCUT2D eigenvalue weighted by molar-refractivity contribution is -0.981. The summed E-state index contributed by atoms with van der Waals surface area (Å²) in [6.45, 7) is 9.81. The predicted octanol–water partition coefficient (Wildman–Crippen LogP) is 10.5. The van der Waals surface area contributed by atoms with Crippen molar-refractivity contribution in [3.8, 4) is 5.75 Å². The van der Waals surface area contributed by atoms with E-state index in [1.165, 1.54) is 146 Å². The number of rotatable bonds is 26. The van der Waals surface area contributed by atoms with Gasteiger partial charge in [-0.3, -0.25) is 4.48 Å². The molecule has 2 aromatic rings. The molecule has 1 atom stereocenters. The minimum atomic E-state index is -4.53. The first-order valence-corrected chi connectivity index (χ1v) is 19.9. The van der Waals surface area contributed by atoms with Crippen LogP contribution in [-0.2, 0) is 16.7 Å². The number of phenols is 1. The number of aliphatic hydroxyl groups is 1. The van der Waals surface area contributed by atoms with E-state index in [2.05, 4.69) is 44.2 Å². The fourth-order valence-electron chi connectivity index (χ4n) is 6.22. The van der Waals surface area contributed by atoms with Crippen LogP contribution in [0.25, 0.3) is 0 Å². The highest BCUT2D eigenvalue weighted by atomic mass is 32.2. The Kier molecular flexibility index (Phi) is 23.9. The second-order valence-electron chi connectivity index (χ2n) is 13.2. The third kappa shape index (κ3) is 19.7. The Balaban J connectivity index is 0.000000804. The van der Waals surface area contributed by atoms with E-state index < -0.39 is 20.8 Å². The van der Waals surface area contributed by atoms with Gasteiger partial charge in [-0.1, -0.05) is 159 Å². The van der Waals surface area contributed by atoms with Crippen molar-refractivity contribution >= 4 is 10.1 Å². The molecule has 0 amide bonds. The summed E-state index contributed by atoms with van der Waals surface area (Å²) in [6.07, 6.45) is 27.1. The standard InChI is InChI=1S/C33H62NO.C6H6O4S/c1-4-6-8-10-12-14-16-18-20-25-29-34(32(3)35,31-33-27-23-22-24-28-33)30-26-21-19-17-15-13-11-9-7-5-2;7-5-3-1-2-4-6(5)11(8,9)10/h22-24,27-28,32,35H,4-21,25-26,29-31H2,1-3H3;1-4,7H,(H,8,9,10)/q+1;/p-1. The van der Waals surface area contributed by atoms with Crippen molar-refractivity contribution in [2.75, 3.05) is 13.1 Å². The lowest BCUT2D eigenvalue weighted by Crippen LogP contribution is -2.54. The van der Waals surface area contributed by atoms with Crippen LogP contribution in [0.1, 0.15) is 155 Å². The fourth-order valence-corrected chi connectivity index (χ4v) is 6.79. The summed E-state index contributed by atoms with van der Waals surface area (Å²) >= 11 is 0. The van der Waals surface area contributed by atoms with Gasteiger partial charge in [0.2, 0.25) is 0 Å². The summed E-state index contributed by atoms with van der Waals surface area (Å²) in [4.78, 5) is -0.583. The molecule has 0 bridgehead atoms. The third-order valence-corrected chi connectivity index (χ3v) is 10.1. The Labute approximate surface area is 283 Å². The molecule has 46 heavy (non-hydrogen) atoms. The Morgan fingerprint density at radius 2 is 0.978 bits per heavy atom. The summed E-state index contributed by atoms with van der Waals surface area (Å²) in [5, 5.41) is 19.9. The van der Waals surface area contributed by atoms with Crippen molar-refractivity contribution in [3.63, 3.8) is 0 Å². The normalized spacial score (nSPS) is 12.5. The zero-order valence-electron chi connectivity index (χ0n) is 29.5. The Bertz CT molecular complexity index is 1070. The lowest BCUT2D eigenvalue weighted by Gasteiger charge is -2.41. The lowest BCUT2D eigenvalue weighted by atomic mass is 10.0. The van der Waals surface area contributed by atoms with E-state index in [-0.39, 0.29) is 6.23 Å². The van der Waals surface area contributed by atoms with Gasteiger partial charge >= 0.3 is 0 Å². The number of benzene rings is 2. The number of unbranched alkanes of at least 4 members (excludes halogenated alkanes) is 18. The molecule has 0 aliphatic rings. The maximum Gasteiger partial charge on any atom is 0.187 e. The third-order valence-electron chi connectivity index (χ3n) is 9.18. The van der Waals surface area contributed by atoms with Gasteiger partial charge in [-0.2, -0.15) is 0 Å². The van der Waals surface area contributed by atoms with Crippen LogP contribution in [0.3, 0.4) is 0 Å². The van der Waals surface area contributed by atoms with E-state index >= 15 is 0 Å². The van der Waals surface area contributed by atoms with Crippen molar-refractivity contribution in [2.45, 2.75) is 167 Å². The number of hydrogen-bond donors (Lipinski definition) is 2. The van der Waals surface area contributed by atoms with Crippen LogP contribution in [0, 0.1) is 0 Å². The fraction of sp³-hybridized carbons (Fsp3) is 0.692. The molecule has 0 aliphatic carbocycles. The van der Waals surface area contributed by atoms with Crippen molar-refractivity contribution in [2.24, 2.45) is 0 Å². The van der Waals surface area contributed by atoms with Crippen LogP contribution in [-0.4, -0.2) is 47.0 Å². The highest BCUT2D eigenvalue weighted by molar-refractivity contribution is 7.85. The van der Waals surface area contributed by atoms with Gasteiger partial charge in [0.05, 0.1) is 18.0 Å². The van der Waals surface area contributed by atoms with E-state index in [4.69, 9.17) is 5.11 Å². The van der Waals surface area contributed by atoms with Gasteiger partial charge in [0.25, 0.3) is 0 Å². The van der Waals surface area contributed by atoms with Gasteiger partial charge in [-0.05, 0) is 37.8 Å². The topological polar surface area (TPSA) is 97.7 Å². The first-order chi connectivity index (χ1) is 22.2. The minimum Gasteiger partial charge on any atom is -0.744 e. The smallest absolute Gasteiger partial charge is 0.187 e. The van der Waals surface area contributed by atoms with Crippen molar-refractivity contribution < 1.29 is 27.7 Å². The van der Waals surface area contributed by atoms with Crippen molar-refractivity contribution in [1.82, 2.24) is 0 Å². The number of aromatic hydroxyl groups is 1. The summed E-state index contributed by atoms with van der Waals surface area (Å²) in [6, 6.07) is 15.9. The van der Waals surface area contributed by atoms with E-state index in [1.54, 1.807) is 0 Å².